The highest BCUT2D eigenvalue weighted by molar-refractivity contribution is 6.00. The molecular weight excluding hydrogens is 190 g/mol. The third-order valence-electron chi connectivity index (χ3n) is 1.59. The monoisotopic (exact) mass is 197 g/mol. The van der Waals surface area contributed by atoms with Gasteiger partial charge in [0, 0.05) is 5.69 Å². The molecule has 0 amide bonds. The molecule has 0 saturated heterocycles. The number of aromatic hydroxyl groups is 1. The van der Waals surface area contributed by atoms with Crippen molar-refractivity contribution < 1.29 is 24.9 Å². The van der Waals surface area contributed by atoms with Crippen molar-refractivity contribution in [1.29, 1.82) is 0 Å². The second-order valence-electron chi connectivity index (χ2n) is 2.57. The van der Waals surface area contributed by atoms with Crippen molar-refractivity contribution in [2.45, 2.75) is 0 Å². The summed E-state index contributed by atoms with van der Waals surface area (Å²) in [5.74, 6) is -3.66. The van der Waals surface area contributed by atoms with Crippen LogP contribution in [0.2, 0.25) is 0 Å². The smallest absolute Gasteiger partial charge is 0.339 e. The number of phenols is 1. The Hall–Kier alpha value is -2.24. The van der Waals surface area contributed by atoms with Gasteiger partial charge in [-0.25, -0.2) is 9.59 Å². The maximum Gasteiger partial charge on any atom is 0.339 e. The summed E-state index contributed by atoms with van der Waals surface area (Å²) >= 11 is 0. The van der Waals surface area contributed by atoms with E-state index in [4.69, 9.17) is 15.9 Å². The van der Waals surface area contributed by atoms with Crippen molar-refractivity contribution in [2.75, 3.05) is 5.73 Å². The molecule has 0 aliphatic rings. The summed E-state index contributed by atoms with van der Waals surface area (Å²) in [4.78, 5) is 21.1. The van der Waals surface area contributed by atoms with Gasteiger partial charge in [-0.05, 0) is 12.1 Å². The van der Waals surface area contributed by atoms with Crippen molar-refractivity contribution in [3.8, 4) is 5.75 Å². The average molecular weight is 197 g/mol. The Morgan fingerprint density at radius 1 is 1.07 bits per heavy atom. The zero-order valence-corrected chi connectivity index (χ0v) is 6.89. The van der Waals surface area contributed by atoms with E-state index in [0.29, 0.717) is 0 Å². The maximum atomic E-state index is 10.5. The van der Waals surface area contributed by atoms with Gasteiger partial charge in [0.1, 0.15) is 16.9 Å². The SMILES string of the molecule is Nc1cc(C(=O)O)c(O)c(C(=O)O)c1. The fraction of sp³-hybridized carbons (Fsp3) is 0. The summed E-state index contributed by atoms with van der Waals surface area (Å²) in [5, 5.41) is 26.4. The van der Waals surface area contributed by atoms with Crippen LogP contribution in [-0.4, -0.2) is 27.3 Å². The van der Waals surface area contributed by atoms with Crippen LogP contribution >= 0.6 is 0 Å². The molecule has 0 aromatic heterocycles. The van der Waals surface area contributed by atoms with Crippen LogP contribution in [0.5, 0.6) is 5.75 Å². The molecule has 0 heterocycles. The van der Waals surface area contributed by atoms with Crippen LogP contribution < -0.4 is 5.73 Å². The molecule has 14 heavy (non-hydrogen) atoms. The molecule has 0 spiro atoms. The number of rotatable bonds is 2. The summed E-state index contributed by atoms with van der Waals surface area (Å²) < 4.78 is 0. The lowest BCUT2D eigenvalue weighted by Gasteiger charge is -2.04. The summed E-state index contributed by atoms with van der Waals surface area (Å²) in [7, 11) is 0. The molecule has 0 unspecified atom stereocenters. The fourth-order valence-electron chi connectivity index (χ4n) is 0.983. The highest BCUT2D eigenvalue weighted by Crippen LogP contribution is 2.25. The number of benzene rings is 1. The van der Waals surface area contributed by atoms with Crippen LogP contribution in [0.3, 0.4) is 0 Å². The molecule has 6 nitrogen and oxygen atoms in total. The molecule has 0 aliphatic heterocycles. The van der Waals surface area contributed by atoms with Crippen molar-refractivity contribution in [2.24, 2.45) is 0 Å². The molecule has 74 valence electrons. The van der Waals surface area contributed by atoms with E-state index < -0.39 is 28.8 Å². The first-order chi connectivity index (χ1) is 6.43. The van der Waals surface area contributed by atoms with E-state index in [1.807, 2.05) is 0 Å². The van der Waals surface area contributed by atoms with Gasteiger partial charge in [0.05, 0.1) is 0 Å². The normalized spacial score (nSPS) is 9.71. The van der Waals surface area contributed by atoms with Crippen molar-refractivity contribution in [1.82, 2.24) is 0 Å². The van der Waals surface area contributed by atoms with E-state index in [0.717, 1.165) is 12.1 Å². The lowest BCUT2D eigenvalue weighted by molar-refractivity contribution is 0.0692. The fourth-order valence-corrected chi connectivity index (χ4v) is 0.983. The number of nitrogen functional groups attached to an aromatic ring is 1. The minimum absolute atomic E-state index is 0.0300. The van der Waals surface area contributed by atoms with Gasteiger partial charge < -0.3 is 21.1 Å². The Balaban J connectivity index is 3.47. The number of aromatic carboxylic acids is 2. The second kappa shape index (κ2) is 3.25. The van der Waals surface area contributed by atoms with Gasteiger partial charge in [0.25, 0.3) is 0 Å². The minimum Gasteiger partial charge on any atom is -0.506 e. The Morgan fingerprint density at radius 2 is 1.43 bits per heavy atom. The average Bonchev–Trinajstić information content (AvgIpc) is 2.07. The number of hydrogen-bond acceptors (Lipinski definition) is 4. The van der Waals surface area contributed by atoms with Gasteiger partial charge in [-0.3, -0.25) is 0 Å². The topological polar surface area (TPSA) is 121 Å². The number of carboxylic acids is 2. The predicted octanol–water partition coefficient (Wildman–Crippen LogP) is 0.371. The van der Waals surface area contributed by atoms with Gasteiger partial charge in [-0.1, -0.05) is 0 Å². The van der Waals surface area contributed by atoms with E-state index in [1.54, 1.807) is 0 Å². The standard InChI is InChI=1S/C8H7NO5/c9-3-1-4(7(11)12)6(10)5(2-3)8(13)14/h1-2,10H,9H2,(H,11,12)(H,13,14). The third kappa shape index (κ3) is 1.58. The summed E-state index contributed by atoms with van der Waals surface area (Å²) in [6.07, 6.45) is 0. The largest absolute Gasteiger partial charge is 0.506 e. The quantitative estimate of drug-likeness (QED) is 0.401. The third-order valence-corrected chi connectivity index (χ3v) is 1.59. The Kier molecular flexibility index (Phi) is 2.29. The van der Waals surface area contributed by atoms with E-state index in [9.17, 15) is 14.7 Å². The first-order valence-corrected chi connectivity index (χ1v) is 3.52. The maximum absolute atomic E-state index is 10.5. The van der Waals surface area contributed by atoms with Crippen LogP contribution in [0, 0.1) is 0 Å². The molecule has 1 aromatic rings. The molecule has 0 radical (unpaired) electrons. The first-order valence-electron chi connectivity index (χ1n) is 3.52. The van der Waals surface area contributed by atoms with Gasteiger partial charge >= 0.3 is 11.9 Å². The Bertz CT molecular complexity index is 377. The zero-order chi connectivity index (χ0) is 10.9. The van der Waals surface area contributed by atoms with E-state index in [-0.39, 0.29) is 5.69 Å². The molecule has 0 bridgehead atoms. The zero-order valence-electron chi connectivity index (χ0n) is 6.89. The number of carboxylic acid groups (broad SMARTS) is 2. The number of anilines is 1. The lowest BCUT2D eigenvalue weighted by Crippen LogP contribution is -2.05. The molecule has 1 rings (SSSR count). The Morgan fingerprint density at radius 3 is 1.71 bits per heavy atom. The van der Waals surface area contributed by atoms with E-state index in [1.165, 1.54) is 0 Å². The van der Waals surface area contributed by atoms with Crippen molar-refractivity contribution in [3.63, 3.8) is 0 Å². The van der Waals surface area contributed by atoms with Crippen molar-refractivity contribution >= 4 is 17.6 Å². The summed E-state index contributed by atoms with van der Waals surface area (Å²) in [6.45, 7) is 0. The highest BCUT2D eigenvalue weighted by atomic mass is 16.4. The molecule has 5 N–H and O–H groups in total. The minimum atomic E-state index is -1.43. The van der Waals surface area contributed by atoms with Gasteiger partial charge in [0.2, 0.25) is 0 Å². The second-order valence-corrected chi connectivity index (χ2v) is 2.57. The van der Waals surface area contributed by atoms with Crippen molar-refractivity contribution in [3.05, 3.63) is 23.3 Å². The van der Waals surface area contributed by atoms with E-state index >= 15 is 0 Å². The molecule has 0 fully saturated rings. The predicted molar refractivity (Wildman–Crippen MR) is 46.4 cm³/mol. The Labute approximate surface area is 78.2 Å². The molecule has 0 aliphatic carbocycles. The molecule has 6 heteroatoms. The van der Waals surface area contributed by atoms with Crippen LogP contribution in [0.25, 0.3) is 0 Å². The molecule has 1 aromatic carbocycles. The molecular formula is C8H7NO5. The lowest BCUT2D eigenvalue weighted by atomic mass is 10.1. The van der Waals surface area contributed by atoms with Gasteiger partial charge in [0.15, 0.2) is 0 Å². The van der Waals surface area contributed by atoms with Gasteiger partial charge in [-0.15, -0.1) is 0 Å². The highest BCUT2D eigenvalue weighted by Gasteiger charge is 2.18. The summed E-state index contributed by atoms with van der Waals surface area (Å²) in [5.41, 5.74) is 4.19. The van der Waals surface area contributed by atoms with Crippen LogP contribution in [0.15, 0.2) is 12.1 Å². The number of carbonyl (C=O) groups is 2. The number of nitrogens with two attached hydrogens (primary N) is 1. The molecule has 0 saturated carbocycles. The first kappa shape index (κ1) is 9.85. The van der Waals surface area contributed by atoms with Crippen LogP contribution in [0.1, 0.15) is 20.7 Å². The van der Waals surface area contributed by atoms with Crippen LogP contribution in [0.4, 0.5) is 5.69 Å². The van der Waals surface area contributed by atoms with Crippen LogP contribution in [-0.2, 0) is 0 Å². The van der Waals surface area contributed by atoms with Gasteiger partial charge in [-0.2, -0.15) is 0 Å². The van der Waals surface area contributed by atoms with E-state index in [2.05, 4.69) is 0 Å². The summed E-state index contributed by atoms with van der Waals surface area (Å²) in [6, 6.07) is 1.98. The molecule has 0 atom stereocenters. The number of hydrogen-bond donors (Lipinski definition) is 4.